The molecule has 0 bridgehead atoms. The van der Waals surface area contributed by atoms with E-state index < -0.39 is 0 Å². The summed E-state index contributed by atoms with van der Waals surface area (Å²) in [5, 5.41) is 3.12. The smallest absolute Gasteiger partial charge is 0.323 e. The first kappa shape index (κ1) is 14.9. The lowest BCUT2D eigenvalue weighted by Crippen LogP contribution is -2.46. The molecule has 0 spiro atoms. The Labute approximate surface area is 129 Å². The lowest BCUT2D eigenvalue weighted by molar-refractivity contribution is -0.144. The van der Waals surface area contributed by atoms with Crippen LogP contribution in [0.2, 0.25) is 0 Å². The topological polar surface area (TPSA) is 51.7 Å². The number of morpholine rings is 1. The molecule has 21 heavy (non-hydrogen) atoms. The number of cyclic esters (lactones) is 1. The van der Waals surface area contributed by atoms with E-state index in [2.05, 4.69) is 31.1 Å². The lowest BCUT2D eigenvalue weighted by atomic mass is 9.93. The van der Waals surface area contributed by atoms with E-state index in [0.717, 1.165) is 30.2 Å². The van der Waals surface area contributed by atoms with Crippen molar-refractivity contribution >= 4 is 17.3 Å². The molecule has 6 heteroatoms. The van der Waals surface area contributed by atoms with E-state index in [4.69, 9.17) is 14.5 Å². The van der Waals surface area contributed by atoms with E-state index in [-0.39, 0.29) is 23.5 Å². The molecule has 116 valence electrons. The zero-order chi connectivity index (χ0) is 15.0. The molecule has 1 aromatic heterocycles. The van der Waals surface area contributed by atoms with Crippen LogP contribution in [-0.4, -0.2) is 48.2 Å². The number of hydrogen-bond acceptors (Lipinski definition) is 6. The Bertz CT molecular complexity index is 523. The van der Waals surface area contributed by atoms with Gasteiger partial charge in [-0.2, -0.15) is 0 Å². The van der Waals surface area contributed by atoms with Gasteiger partial charge in [-0.25, -0.2) is 4.98 Å². The molecule has 0 saturated carbocycles. The van der Waals surface area contributed by atoms with E-state index in [1.165, 1.54) is 0 Å². The summed E-state index contributed by atoms with van der Waals surface area (Å²) in [4.78, 5) is 18.7. The third kappa shape index (κ3) is 3.12. The molecule has 2 fully saturated rings. The fourth-order valence-electron chi connectivity index (χ4n) is 2.70. The highest BCUT2D eigenvalue weighted by molar-refractivity contribution is 7.09. The number of rotatable bonds is 2. The summed E-state index contributed by atoms with van der Waals surface area (Å²) in [7, 11) is 0. The highest BCUT2D eigenvalue weighted by atomic mass is 32.1. The molecule has 5 nitrogen and oxygen atoms in total. The summed E-state index contributed by atoms with van der Waals surface area (Å²) < 4.78 is 10.9. The van der Waals surface area contributed by atoms with Crippen molar-refractivity contribution in [3.05, 3.63) is 16.1 Å². The van der Waals surface area contributed by atoms with E-state index in [1.807, 2.05) is 0 Å². The van der Waals surface area contributed by atoms with Crippen LogP contribution >= 0.6 is 11.3 Å². The summed E-state index contributed by atoms with van der Waals surface area (Å²) >= 11 is 1.65. The molecule has 0 amide bonds. The van der Waals surface area contributed by atoms with Gasteiger partial charge in [0.05, 0.1) is 18.9 Å². The standard InChI is InChI=1S/C15H22N2O3S/c1-15(2,3)12-9-21-13(16-12)11-8-17(5-7-19-11)10-4-6-20-14(10)18/h9-11H,4-8H2,1-3H3/t10-,11-/m0/s1. The molecule has 1 aromatic rings. The normalized spacial score (nSPS) is 27.9. The number of nitrogens with zero attached hydrogens (tertiary/aromatic N) is 2. The van der Waals surface area contributed by atoms with Crippen molar-refractivity contribution in [3.8, 4) is 0 Å². The van der Waals surface area contributed by atoms with E-state index >= 15 is 0 Å². The van der Waals surface area contributed by atoms with Crippen molar-refractivity contribution in [2.24, 2.45) is 0 Å². The van der Waals surface area contributed by atoms with Crippen molar-refractivity contribution in [2.75, 3.05) is 26.3 Å². The van der Waals surface area contributed by atoms with Crippen LogP contribution in [0, 0.1) is 0 Å². The number of aromatic nitrogens is 1. The summed E-state index contributed by atoms with van der Waals surface area (Å²) in [6.07, 6.45) is 0.754. The summed E-state index contributed by atoms with van der Waals surface area (Å²) in [5.74, 6) is -0.0924. The maximum absolute atomic E-state index is 11.7. The monoisotopic (exact) mass is 310 g/mol. The Morgan fingerprint density at radius 3 is 2.81 bits per heavy atom. The summed E-state index contributed by atoms with van der Waals surface area (Å²) in [6, 6.07) is -0.0987. The van der Waals surface area contributed by atoms with Gasteiger partial charge >= 0.3 is 5.97 Å². The van der Waals surface area contributed by atoms with Crippen LogP contribution in [0.4, 0.5) is 0 Å². The van der Waals surface area contributed by atoms with Crippen LogP contribution in [0.15, 0.2) is 5.38 Å². The number of carbonyl (C=O) groups excluding carboxylic acids is 1. The molecule has 0 aliphatic carbocycles. The number of thiazole rings is 1. The average molecular weight is 310 g/mol. The third-order valence-electron chi connectivity index (χ3n) is 4.01. The lowest BCUT2D eigenvalue weighted by Gasteiger charge is -2.34. The Balaban J connectivity index is 1.71. The van der Waals surface area contributed by atoms with Crippen LogP contribution in [0.25, 0.3) is 0 Å². The van der Waals surface area contributed by atoms with Gasteiger partial charge in [0.2, 0.25) is 0 Å². The SMILES string of the molecule is CC(C)(C)c1csc([C@@H]2CN([C@H]3CCOC3=O)CCO2)n1. The van der Waals surface area contributed by atoms with Crippen molar-refractivity contribution in [2.45, 2.75) is 44.8 Å². The minimum absolute atomic E-state index is 0.0340. The van der Waals surface area contributed by atoms with Crippen molar-refractivity contribution in [1.29, 1.82) is 0 Å². The Hall–Kier alpha value is -0.980. The maximum Gasteiger partial charge on any atom is 0.323 e. The molecule has 0 aromatic carbocycles. The number of hydrogen-bond donors (Lipinski definition) is 0. The molecular formula is C15H22N2O3S. The first-order valence-electron chi connectivity index (χ1n) is 7.43. The second kappa shape index (κ2) is 5.66. The largest absolute Gasteiger partial charge is 0.464 e. The number of carbonyl (C=O) groups is 1. The maximum atomic E-state index is 11.7. The van der Waals surface area contributed by atoms with Crippen LogP contribution in [0.5, 0.6) is 0 Å². The highest BCUT2D eigenvalue weighted by Crippen LogP contribution is 2.31. The molecule has 3 rings (SSSR count). The van der Waals surface area contributed by atoms with Gasteiger partial charge < -0.3 is 9.47 Å². The van der Waals surface area contributed by atoms with Crippen LogP contribution in [0.1, 0.15) is 44.0 Å². The Morgan fingerprint density at radius 1 is 1.38 bits per heavy atom. The first-order valence-corrected chi connectivity index (χ1v) is 8.31. The number of esters is 1. The van der Waals surface area contributed by atoms with Crippen molar-refractivity contribution in [3.63, 3.8) is 0 Å². The molecule has 2 aliphatic rings. The molecular weight excluding hydrogens is 288 g/mol. The average Bonchev–Trinajstić information content (AvgIpc) is 3.06. The molecule has 2 aliphatic heterocycles. The van der Waals surface area contributed by atoms with E-state index in [0.29, 0.717) is 13.2 Å². The quantitative estimate of drug-likeness (QED) is 0.783. The van der Waals surface area contributed by atoms with Crippen molar-refractivity contribution < 1.29 is 14.3 Å². The minimum Gasteiger partial charge on any atom is -0.464 e. The fourth-order valence-corrected chi connectivity index (χ4v) is 3.78. The molecule has 0 radical (unpaired) electrons. The molecule has 2 atom stereocenters. The fraction of sp³-hybridized carbons (Fsp3) is 0.733. The summed E-state index contributed by atoms with van der Waals surface area (Å²) in [5.41, 5.74) is 1.15. The first-order chi connectivity index (χ1) is 9.95. The van der Waals surface area contributed by atoms with Gasteiger partial charge in [0.1, 0.15) is 17.2 Å². The van der Waals surface area contributed by atoms with Crippen LogP contribution in [-0.2, 0) is 19.7 Å². The van der Waals surface area contributed by atoms with Gasteiger partial charge in [-0.1, -0.05) is 20.8 Å². The molecule has 0 unspecified atom stereocenters. The molecule has 0 N–H and O–H groups in total. The second-order valence-corrected chi connectivity index (χ2v) is 7.54. The molecule has 3 heterocycles. The predicted octanol–water partition coefficient (Wildman–Crippen LogP) is 2.13. The van der Waals surface area contributed by atoms with Gasteiger partial charge in [-0.15, -0.1) is 11.3 Å². The van der Waals surface area contributed by atoms with E-state index in [9.17, 15) is 4.79 Å². The highest BCUT2D eigenvalue weighted by Gasteiger charge is 2.36. The van der Waals surface area contributed by atoms with Crippen molar-refractivity contribution in [1.82, 2.24) is 9.88 Å². The zero-order valence-corrected chi connectivity index (χ0v) is 13.6. The van der Waals surface area contributed by atoms with Gasteiger partial charge in [0, 0.05) is 30.3 Å². The zero-order valence-electron chi connectivity index (χ0n) is 12.8. The number of ether oxygens (including phenoxy) is 2. The molecule has 2 saturated heterocycles. The second-order valence-electron chi connectivity index (χ2n) is 6.65. The van der Waals surface area contributed by atoms with Crippen LogP contribution < -0.4 is 0 Å². The van der Waals surface area contributed by atoms with Gasteiger partial charge in [-0.3, -0.25) is 9.69 Å². The van der Waals surface area contributed by atoms with Gasteiger partial charge in [-0.05, 0) is 0 Å². The van der Waals surface area contributed by atoms with Gasteiger partial charge in [0.25, 0.3) is 0 Å². The summed E-state index contributed by atoms with van der Waals surface area (Å²) in [6.45, 7) is 9.16. The predicted molar refractivity (Wildman–Crippen MR) is 80.4 cm³/mol. The minimum atomic E-state index is -0.0987. The Morgan fingerprint density at radius 2 is 2.19 bits per heavy atom. The van der Waals surface area contributed by atoms with E-state index in [1.54, 1.807) is 11.3 Å². The third-order valence-corrected chi connectivity index (χ3v) is 4.95. The van der Waals surface area contributed by atoms with Crippen LogP contribution in [0.3, 0.4) is 0 Å². The van der Waals surface area contributed by atoms with Gasteiger partial charge in [0.15, 0.2) is 0 Å². The Kier molecular flexibility index (Phi) is 4.03.